The van der Waals surface area contributed by atoms with Crippen molar-refractivity contribution in [1.82, 2.24) is 9.80 Å². The average molecular weight is 298 g/mol. The number of carboxylic acid groups (broad SMARTS) is 1. The zero-order chi connectivity index (χ0) is 15.6. The third-order valence-electron chi connectivity index (χ3n) is 4.21. The quantitative estimate of drug-likeness (QED) is 0.841. The summed E-state index contributed by atoms with van der Waals surface area (Å²) in [6, 6.07) is 0.340. The van der Waals surface area contributed by atoms with Gasteiger partial charge in [-0.05, 0) is 53.1 Å². The van der Waals surface area contributed by atoms with Crippen LogP contribution in [0.2, 0.25) is 0 Å². The maximum atomic E-state index is 12.0. The number of nitrogens with zero attached hydrogens (tertiary/aromatic N) is 2. The van der Waals surface area contributed by atoms with E-state index in [0.717, 1.165) is 26.1 Å². The Morgan fingerprint density at radius 1 is 1.10 bits per heavy atom. The topological polar surface area (TPSA) is 70.1 Å². The van der Waals surface area contributed by atoms with Crippen molar-refractivity contribution in [3.05, 3.63) is 0 Å². The first-order valence-electron chi connectivity index (χ1n) is 7.71. The molecule has 0 aromatic heterocycles. The van der Waals surface area contributed by atoms with Gasteiger partial charge < -0.3 is 14.7 Å². The molecule has 0 saturated carbocycles. The van der Waals surface area contributed by atoms with Gasteiger partial charge in [0, 0.05) is 19.1 Å². The normalized spacial score (nSPS) is 25.1. The molecule has 120 valence electrons. The van der Waals surface area contributed by atoms with Crippen LogP contribution in [0.25, 0.3) is 0 Å². The van der Waals surface area contributed by atoms with Gasteiger partial charge in [-0.2, -0.15) is 0 Å². The molecule has 0 bridgehead atoms. The number of piperidine rings is 1. The van der Waals surface area contributed by atoms with Gasteiger partial charge in [0.1, 0.15) is 5.60 Å². The molecule has 0 unspecified atom stereocenters. The van der Waals surface area contributed by atoms with Crippen LogP contribution in [0.3, 0.4) is 0 Å². The van der Waals surface area contributed by atoms with Crippen LogP contribution in [0, 0.1) is 5.92 Å². The maximum Gasteiger partial charge on any atom is 0.410 e. The van der Waals surface area contributed by atoms with Crippen LogP contribution in [-0.2, 0) is 9.53 Å². The summed E-state index contributed by atoms with van der Waals surface area (Å²) in [4.78, 5) is 27.1. The van der Waals surface area contributed by atoms with Crippen molar-refractivity contribution in [3.63, 3.8) is 0 Å². The highest BCUT2D eigenvalue weighted by atomic mass is 16.6. The summed E-state index contributed by atoms with van der Waals surface area (Å²) in [5, 5.41) is 9.02. The van der Waals surface area contributed by atoms with Crippen LogP contribution < -0.4 is 0 Å². The van der Waals surface area contributed by atoms with Crippen LogP contribution in [-0.4, -0.2) is 64.8 Å². The second-order valence-corrected chi connectivity index (χ2v) is 7.02. The number of carbonyl (C=O) groups is 2. The van der Waals surface area contributed by atoms with Crippen molar-refractivity contribution in [2.24, 2.45) is 5.92 Å². The fourth-order valence-corrected chi connectivity index (χ4v) is 3.04. The lowest BCUT2D eigenvalue weighted by molar-refractivity contribution is -0.143. The minimum absolute atomic E-state index is 0.204. The Balaban J connectivity index is 1.80. The lowest BCUT2D eigenvalue weighted by Gasteiger charge is -2.34. The van der Waals surface area contributed by atoms with E-state index in [-0.39, 0.29) is 12.0 Å². The predicted octanol–water partition coefficient (Wildman–Crippen LogP) is 1.79. The Kier molecular flexibility index (Phi) is 4.76. The molecule has 0 radical (unpaired) electrons. The van der Waals surface area contributed by atoms with E-state index in [1.54, 1.807) is 4.90 Å². The lowest BCUT2D eigenvalue weighted by Crippen LogP contribution is -2.45. The molecule has 1 atom stereocenters. The number of rotatable bonds is 2. The third kappa shape index (κ3) is 4.33. The second-order valence-electron chi connectivity index (χ2n) is 7.02. The highest BCUT2D eigenvalue weighted by molar-refractivity contribution is 5.70. The largest absolute Gasteiger partial charge is 0.481 e. The van der Waals surface area contributed by atoms with Gasteiger partial charge in [0.25, 0.3) is 0 Å². The van der Waals surface area contributed by atoms with E-state index in [2.05, 4.69) is 4.90 Å². The van der Waals surface area contributed by atoms with Crippen LogP contribution >= 0.6 is 0 Å². The Bertz CT molecular complexity index is 397. The third-order valence-corrected chi connectivity index (χ3v) is 4.21. The van der Waals surface area contributed by atoms with Gasteiger partial charge in [0.2, 0.25) is 0 Å². The maximum absolute atomic E-state index is 12.0. The van der Waals surface area contributed by atoms with E-state index < -0.39 is 11.6 Å². The standard InChI is InChI=1S/C15H26N2O4/c1-15(2,3)21-14(20)17-9-6-12(10-17)16-7-4-11(5-8-16)13(18)19/h11-12H,4-10H2,1-3H3,(H,18,19)/t12-/m0/s1. The summed E-state index contributed by atoms with van der Waals surface area (Å²) in [6.07, 6.45) is 2.11. The van der Waals surface area contributed by atoms with Crippen molar-refractivity contribution in [3.8, 4) is 0 Å². The summed E-state index contributed by atoms with van der Waals surface area (Å²) >= 11 is 0. The van der Waals surface area contributed by atoms with E-state index in [9.17, 15) is 9.59 Å². The molecule has 2 rings (SSSR count). The Morgan fingerprint density at radius 3 is 2.24 bits per heavy atom. The first-order chi connectivity index (χ1) is 9.76. The smallest absolute Gasteiger partial charge is 0.410 e. The fourth-order valence-electron chi connectivity index (χ4n) is 3.04. The molecule has 0 aliphatic carbocycles. The van der Waals surface area contributed by atoms with Crippen molar-refractivity contribution in [2.75, 3.05) is 26.2 Å². The minimum Gasteiger partial charge on any atom is -0.481 e. The molecule has 21 heavy (non-hydrogen) atoms. The van der Waals surface area contributed by atoms with Crippen LogP contribution in [0.1, 0.15) is 40.0 Å². The summed E-state index contributed by atoms with van der Waals surface area (Å²) in [5.41, 5.74) is -0.463. The van der Waals surface area contributed by atoms with Gasteiger partial charge in [-0.1, -0.05) is 0 Å². The number of amides is 1. The van der Waals surface area contributed by atoms with Gasteiger partial charge in [-0.25, -0.2) is 4.79 Å². The highest BCUT2D eigenvalue weighted by Crippen LogP contribution is 2.24. The molecule has 0 spiro atoms. The minimum atomic E-state index is -0.684. The Labute approximate surface area is 126 Å². The number of ether oxygens (including phenoxy) is 1. The molecule has 6 heteroatoms. The van der Waals surface area contributed by atoms with E-state index in [4.69, 9.17) is 9.84 Å². The average Bonchev–Trinajstić information content (AvgIpc) is 2.86. The molecule has 2 heterocycles. The molecule has 1 N–H and O–H groups in total. The first-order valence-corrected chi connectivity index (χ1v) is 7.71. The van der Waals surface area contributed by atoms with E-state index in [1.807, 2.05) is 20.8 Å². The van der Waals surface area contributed by atoms with Crippen molar-refractivity contribution < 1.29 is 19.4 Å². The second kappa shape index (κ2) is 6.22. The number of carboxylic acids is 1. The fraction of sp³-hybridized carbons (Fsp3) is 0.867. The van der Waals surface area contributed by atoms with Crippen molar-refractivity contribution in [1.29, 1.82) is 0 Å². The molecule has 0 aromatic rings. The predicted molar refractivity (Wildman–Crippen MR) is 78.1 cm³/mol. The van der Waals surface area contributed by atoms with Gasteiger partial charge in [-0.15, -0.1) is 0 Å². The summed E-state index contributed by atoms with van der Waals surface area (Å²) < 4.78 is 5.40. The molecular weight excluding hydrogens is 272 g/mol. The summed E-state index contributed by atoms with van der Waals surface area (Å²) in [6.45, 7) is 8.64. The first kappa shape index (κ1) is 16.1. The SMILES string of the molecule is CC(C)(C)OC(=O)N1CC[C@H](N2CCC(C(=O)O)CC2)C1. The number of carbonyl (C=O) groups excluding carboxylic acids is 1. The number of aliphatic carboxylic acids is 1. The van der Waals surface area contributed by atoms with Crippen LogP contribution in [0.4, 0.5) is 4.79 Å². The summed E-state index contributed by atoms with van der Waals surface area (Å²) in [7, 11) is 0. The molecular formula is C15H26N2O4. The van der Waals surface area contributed by atoms with Gasteiger partial charge >= 0.3 is 12.1 Å². The number of hydrogen-bond acceptors (Lipinski definition) is 4. The highest BCUT2D eigenvalue weighted by Gasteiger charge is 2.35. The molecule has 6 nitrogen and oxygen atoms in total. The van der Waals surface area contributed by atoms with E-state index >= 15 is 0 Å². The lowest BCUT2D eigenvalue weighted by atomic mass is 9.96. The zero-order valence-electron chi connectivity index (χ0n) is 13.2. The van der Waals surface area contributed by atoms with Crippen molar-refractivity contribution in [2.45, 2.75) is 51.7 Å². The van der Waals surface area contributed by atoms with Gasteiger partial charge in [-0.3, -0.25) is 9.69 Å². The van der Waals surface area contributed by atoms with Gasteiger partial charge in [0.05, 0.1) is 5.92 Å². The van der Waals surface area contributed by atoms with Crippen LogP contribution in [0.15, 0.2) is 0 Å². The van der Waals surface area contributed by atoms with Crippen molar-refractivity contribution >= 4 is 12.1 Å². The Morgan fingerprint density at radius 2 is 1.71 bits per heavy atom. The monoisotopic (exact) mass is 298 g/mol. The molecule has 2 saturated heterocycles. The zero-order valence-corrected chi connectivity index (χ0v) is 13.2. The number of hydrogen-bond donors (Lipinski definition) is 1. The molecule has 2 aliphatic rings. The van der Waals surface area contributed by atoms with Crippen LogP contribution in [0.5, 0.6) is 0 Å². The molecule has 0 aromatic carbocycles. The molecule has 1 amide bonds. The Hall–Kier alpha value is -1.30. The molecule has 2 fully saturated rings. The molecule has 2 aliphatic heterocycles. The van der Waals surface area contributed by atoms with E-state index in [0.29, 0.717) is 25.4 Å². The van der Waals surface area contributed by atoms with Gasteiger partial charge in [0.15, 0.2) is 0 Å². The number of likely N-dealkylation sites (tertiary alicyclic amines) is 2. The summed E-state index contributed by atoms with van der Waals surface area (Å²) in [5.74, 6) is -0.888. The van der Waals surface area contributed by atoms with E-state index in [1.165, 1.54) is 0 Å².